The summed E-state index contributed by atoms with van der Waals surface area (Å²) in [4.78, 5) is 2.19. The topological polar surface area (TPSA) is 27.1 Å². The number of unbranched alkanes of at least 4 members (excludes halogenated alkanes) is 1. The molecule has 1 atom stereocenters. The molecule has 1 rings (SSSR count). The van der Waals surface area contributed by atoms with E-state index in [1.807, 2.05) is 6.07 Å². The van der Waals surface area contributed by atoms with Crippen molar-refractivity contribution in [1.29, 1.82) is 5.41 Å². The smallest absolute Gasteiger partial charge is 0.0834 e. The average Bonchev–Trinajstić information content (AvgIpc) is 2.38. The first-order chi connectivity index (χ1) is 8.59. The second-order valence-electron chi connectivity index (χ2n) is 5.06. The number of rotatable bonds is 7. The molecule has 0 aliphatic carbocycles. The van der Waals surface area contributed by atoms with Gasteiger partial charge in [0.1, 0.15) is 0 Å². The first-order valence-corrected chi connectivity index (χ1v) is 6.90. The highest BCUT2D eigenvalue weighted by molar-refractivity contribution is 5.92. The summed E-state index contributed by atoms with van der Waals surface area (Å²) in [5.74, 6) is 0. The molecular weight excluding hydrogens is 220 g/mol. The van der Waals surface area contributed by atoms with E-state index in [4.69, 9.17) is 5.41 Å². The maximum absolute atomic E-state index is 8.52. The standard InChI is InChI=1S/C16H26N2/c1-5-7-13-15(17)16(6-2,18(3)4)14-11-9-8-10-12-14/h8-12,17H,5-7,13H2,1-4H3/t16-/m0/s1. The van der Waals surface area contributed by atoms with E-state index in [2.05, 4.69) is 57.1 Å². The largest absolute Gasteiger partial charge is 0.307 e. The van der Waals surface area contributed by atoms with Crippen LogP contribution in [-0.2, 0) is 5.54 Å². The summed E-state index contributed by atoms with van der Waals surface area (Å²) < 4.78 is 0. The minimum absolute atomic E-state index is 0.240. The number of nitrogens with one attached hydrogen (secondary N) is 1. The minimum atomic E-state index is -0.240. The Balaban J connectivity index is 3.14. The third-order valence-electron chi connectivity index (χ3n) is 3.81. The molecule has 0 fully saturated rings. The van der Waals surface area contributed by atoms with Gasteiger partial charge in [0.2, 0.25) is 0 Å². The van der Waals surface area contributed by atoms with Gasteiger partial charge >= 0.3 is 0 Å². The third-order valence-corrected chi connectivity index (χ3v) is 3.81. The van der Waals surface area contributed by atoms with Gasteiger partial charge in [-0.1, -0.05) is 50.6 Å². The van der Waals surface area contributed by atoms with E-state index in [-0.39, 0.29) is 5.54 Å². The van der Waals surface area contributed by atoms with Crippen LogP contribution < -0.4 is 0 Å². The molecule has 1 aromatic rings. The van der Waals surface area contributed by atoms with Crippen LogP contribution in [0.3, 0.4) is 0 Å². The van der Waals surface area contributed by atoms with E-state index in [1.165, 1.54) is 5.56 Å². The van der Waals surface area contributed by atoms with Crippen LogP contribution in [0.25, 0.3) is 0 Å². The first-order valence-electron chi connectivity index (χ1n) is 6.90. The molecular formula is C16H26N2. The second-order valence-corrected chi connectivity index (χ2v) is 5.06. The molecule has 0 saturated carbocycles. The zero-order valence-electron chi connectivity index (χ0n) is 12.2. The summed E-state index contributed by atoms with van der Waals surface area (Å²) in [6.45, 7) is 4.35. The molecule has 0 aromatic heterocycles. The summed E-state index contributed by atoms with van der Waals surface area (Å²) in [5, 5.41) is 8.52. The van der Waals surface area contributed by atoms with Crippen LogP contribution in [0.4, 0.5) is 0 Å². The highest BCUT2D eigenvalue weighted by Gasteiger charge is 2.36. The van der Waals surface area contributed by atoms with Gasteiger partial charge < -0.3 is 5.41 Å². The van der Waals surface area contributed by atoms with Gasteiger partial charge in [0.25, 0.3) is 0 Å². The van der Waals surface area contributed by atoms with Crippen molar-refractivity contribution in [3.8, 4) is 0 Å². The molecule has 1 aromatic carbocycles. The van der Waals surface area contributed by atoms with E-state index in [0.717, 1.165) is 31.4 Å². The molecule has 0 heterocycles. The number of hydrogen-bond acceptors (Lipinski definition) is 2. The first kappa shape index (κ1) is 14.9. The van der Waals surface area contributed by atoms with Crippen molar-refractivity contribution < 1.29 is 0 Å². The maximum Gasteiger partial charge on any atom is 0.0834 e. The van der Waals surface area contributed by atoms with Crippen LogP contribution in [0, 0.1) is 5.41 Å². The Bertz CT molecular complexity index is 370. The Hall–Kier alpha value is -1.15. The molecule has 0 saturated heterocycles. The Morgan fingerprint density at radius 1 is 1.17 bits per heavy atom. The fraction of sp³-hybridized carbons (Fsp3) is 0.562. The van der Waals surface area contributed by atoms with Crippen molar-refractivity contribution in [2.45, 2.75) is 45.1 Å². The van der Waals surface area contributed by atoms with Gasteiger partial charge in [0.15, 0.2) is 0 Å². The molecule has 100 valence electrons. The zero-order valence-corrected chi connectivity index (χ0v) is 12.2. The van der Waals surface area contributed by atoms with Gasteiger partial charge in [-0.05, 0) is 38.9 Å². The van der Waals surface area contributed by atoms with Crippen molar-refractivity contribution in [3.63, 3.8) is 0 Å². The monoisotopic (exact) mass is 246 g/mol. The quantitative estimate of drug-likeness (QED) is 0.722. The van der Waals surface area contributed by atoms with E-state index in [1.54, 1.807) is 0 Å². The Morgan fingerprint density at radius 2 is 1.78 bits per heavy atom. The highest BCUT2D eigenvalue weighted by atomic mass is 15.2. The normalized spacial score (nSPS) is 14.5. The van der Waals surface area contributed by atoms with Crippen LogP contribution in [0.2, 0.25) is 0 Å². The van der Waals surface area contributed by atoms with Crippen molar-refractivity contribution in [3.05, 3.63) is 35.9 Å². The predicted octanol–water partition coefficient (Wildman–Crippen LogP) is 4.06. The van der Waals surface area contributed by atoms with Gasteiger partial charge in [-0.3, -0.25) is 4.90 Å². The molecule has 0 unspecified atom stereocenters. The maximum atomic E-state index is 8.52. The van der Waals surface area contributed by atoms with Gasteiger partial charge in [-0.2, -0.15) is 0 Å². The van der Waals surface area contributed by atoms with E-state index < -0.39 is 0 Å². The van der Waals surface area contributed by atoms with Gasteiger partial charge in [0, 0.05) is 5.71 Å². The zero-order chi connectivity index (χ0) is 13.6. The van der Waals surface area contributed by atoms with Crippen LogP contribution in [0.1, 0.15) is 45.1 Å². The molecule has 2 nitrogen and oxygen atoms in total. The Kier molecular flexibility index (Phi) is 5.54. The SMILES string of the molecule is CCCCC(=N)[C@](CC)(c1ccccc1)N(C)C. The lowest BCUT2D eigenvalue weighted by Crippen LogP contribution is -2.47. The van der Waals surface area contributed by atoms with Crippen molar-refractivity contribution in [2.75, 3.05) is 14.1 Å². The molecule has 0 aliphatic rings. The summed E-state index contributed by atoms with van der Waals surface area (Å²) >= 11 is 0. The van der Waals surface area contributed by atoms with Crippen LogP contribution in [-0.4, -0.2) is 24.7 Å². The molecule has 0 bridgehead atoms. The summed E-state index contributed by atoms with van der Waals surface area (Å²) in [6.07, 6.45) is 4.07. The molecule has 0 amide bonds. The lowest BCUT2D eigenvalue weighted by molar-refractivity contribution is 0.220. The van der Waals surface area contributed by atoms with E-state index >= 15 is 0 Å². The van der Waals surface area contributed by atoms with Crippen LogP contribution in [0.15, 0.2) is 30.3 Å². The van der Waals surface area contributed by atoms with E-state index in [9.17, 15) is 0 Å². The van der Waals surface area contributed by atoms with Crippen molar-refractivity contribution in [1.82, 2.24) is 4.90 Å². The number of benzene rings is 1. The molecule has 0 aliphatic heterocycles. The molecule has 1 N–H and O–H groups in total. The summed E-state index contributed by atoms with van der Waals surface area (Å²) in [7, 11) is 4.16. The van der Waals surface area contributed by atoms with Crippen molar-refractivity contribution >= 4 is 5.71 Å². The Morgan fingerprint density at radius 3 is 2.22 bits per heavy atom. The lowest BCUT2D eigenvalue weighted by atomic mass is 9.79. The van der Waals surface area contributed by atoms with Crippen LogP contribution >= 0.6 is 0 Å². The fourth-order valence-corrected chi connectivity index (χ4v) is 2.71. The average molecular weight is 246 g/mol. The minimum Gasteiger partial charge on any atom is -0.307 e. The fourth-order valence-electron chi connectivity index (χ4n) is 2.71. The van der Waals surface area contributed by atoms with Gasteiger partial charge in [-0.15, -0.1) is 0 Å². The predicted molar refractivity (Wildman–Crippen MR) is 79.3 cm³/mol. The van der Waals surface area contributed by atoms with Crippen LogP contribution in [0.5, 0.6) is 0 Å². The summed E-state index contributed by atoms with van der Waals surface area (Å²) in [5.41, 5.74) is 1.83. The highest BCUT2D eigenvalue weighted by Crippen LogP contribution is 2.33. The van der Waals surface area contributed by atoms with Crippen molar-refractivity contribution in [2.24, 2.45) is 0 Å². The summed E-state index contributed by atoms with van der Waals surface area (Å²) in [6, 6.07) is 10.5. The van der Waals surface area contributed by atoms with E-state index in [0.29, 0.717) is 0 Å². The third kappa shape index (κ3) is 2.81. The number of nitrogens with zero attached hydrogens (tertiary/aromatic N) is 1. The van der Waals surface area contributed by atoms with Gasteiger partial charge in [-0.25, -0.2) is 0 Å². The second kappa shape index (κ2) is 6.69. The molecule has 0 spiro atoms. The van der Waals surface area contributed by atoms with Gasteiger partial charge in [0.05, 0.1) is 5.54 Å². The molecule has 18 heavy (non-hydrogen) atoms. The molecule has 2 heteroatoms. The Labute approximate surface area is 112 Å². The lowest BCUT2D eigenvalue weighted by Gasteiger charge is -2.40. The number of hydrogen-bond donors (Lipinski definition) is 1. The molecule has 0 radical (unpaired) electrons.